The zero-order chi connectivity index (χ0) is 17.6. The molecular formula is C17H18ClN5O2. The molecule has 0 bridgehead atoms. The van der Waals surface area contributed by atoms with Gasteiger partial charge < -0.3 is 10.1 Å². The van der Waals surface area contributed by atoms with Crippen molar-refractivity contribution < 1.29 is 9.53 Å². The second kappa shape index (κ2) is 7.85. The predicted octanol–water partition coefficient (Wildman–Crippen LogP) is 2.72. The molecule has 0 saturated carbocycles. The molecule has 1 amide bonds. The average Bonchev–Trinajstić information content (AvgIpc) is 3.28. The summed E-state index contributed by atoms with van der Waals surface area (Å²) in [7, 11) is 0. The molecule has 130 valence electrons. The van der Waals surface area contributed by atoms with Crippen molar-refractivity contribution in [1.82, 2.24) is 24.9 Å². The summed E-state index contributed by atoms with van der Waals surface area (Å²) in [6, 6.07) is 8.79. The van der Waals surface area contributed by atoms with Crippen LogP contribution in [0, 0.1) is 0 Å². The highest BCUT2D eigenvalue weighted by atomic mass is 35.5. The first kappa shape index (κ1) is 17.0. The van der Waals surface area contributed by atoms with E-state index in [4.69, 9.17) is 16.3 Å². The number of aryl methyl sites for hydroxylation is 1. The predicted molar refractivity (Wildman–Crippen MR) is 93.4 cm³/mol. The third-order valence-corrected chi connectivity index (χ3v) is 3.90. The highest BCUT2D eigenvalue weighted by Gasteiger charge is 2.13. The number of hydrogen-bond acceptors (Lipinski definition) is 4. The van der Waals surface area contributed by atoms with E-state index < -0.39 is 0 Å². The molecule has 2 heterocycles. The van der Waals surface area contributed by atoms with Crippen molar-refractivity contribution in [3.05, 3.63) is 65.2 Å². The van der Waals surface area contributed by atoms with Crippen LogP contribution in [0.4, 0.5) is 0 Å². The first-order chi connectivity index (χ1) is 12.2. The standard InChI is InChI=1S/C17H18ClN5O2/c1-2-22-11-13(10-21-22)9-19-17(24)15-7-8-20-23(15)12-25-16-6-4-3-5-14(16)18/h3-8,10-11H,2,9,12H2,1H3,(H,19,24). The number of nitrogens with one attached hydrogen (secondary N) is 1. The number of benzene rings is 1. The highest BCUT2D eigenvalue weighted by Crippen LogP contribution is 2.23. The number of rotatable bonds is 7. The van der Waals surface area contributed by atoms with Crippen molar-refractivity contribution in [2.75, 3.05) is 0 Å². The fourth-order valence-electron chi connectivity index (χ4n) is 2.26. The number of hydrogen-bond donors (Lipinski definition) is 1. The molecule has 0 atom stereocenters. The minimum absolute atomic E-state index is 0.0905. The Kier molecular flexibility index (Phi) is 5.35. The molecule has 0 spiro atoms. The van der Waals surface area contributed by atoms with Gasteiger partial charge in [-0.1, -0.05) is 23.7 Å². The summed E-state index contributed by atoms with van der Waals surface area (Å²) in [6.07, 6.45) is 5.19. The average molecular weight is 360 g/mol. The van der Waals surface area contributed by atoms with Crippen LogP contribution in [0.25, 0.3) is 0 Å². The summed E-state index contributed by atoms with van der Waals surface area (Å²) in [6.45, 7) is 3.29. The third-order valence-electron chi connectivity index (χ3n) is 3.59. The minimum Gasteiger partial charge on any atom is -0.470 e. The molecule has 2 aromatic heterocycles. The molecular weight excluding hydrogens is 342 g/mol. The fourth-order valence-corrected chi connectivity index (χ4v) is 2.45. The van der Waals surface area contributed by atoms with Crippen molar-refractivity contribution in [1.29, 1.82) is 0 Å². The maximum Gasteiger partial charge on any atom is 0.269 e. The van der Waals surface area contributed by atoms with Gasteiger partial charge in [-0.05, 0) is 25.1 Å². The van der Waals surface area contributed by atoms with Crippen molar-refractivity contribution in [2.24, 2.45) is 0 Å². The lowest BCUT2D eigenvalue weighted by molar-refractivity contribution is 0.0929. The topological polar surface area (TPSA) is 74.0 Å². The van der Waals surface area contributed by atoms with Gasteiger partial charge in [-0.3, -0.25) is 9.48 Å². The molecule has 3 aromatic rings. The zero-order valence-corrected chi connectivity index (χ0v) is 14.5. The van der Waals surface area contributed by atoms with Gasteiger partial charge in [0.15, 0.2) is 6.73 Å². The van der Waals surface area contributed by atoms with Gasteiger partial charge in [0.2, 0.25) is 0 Å². The number of amides is 1. The van der Waals surface area contributed by atoms with Crippen LogP contribution in [0.1, 0.15) is 23.0 Å². The molecule has 8 heteroatoms. The zero-order valence-electron chi connectivity index (χ0n) is 13.7. The first-order valence-corrected chi connectivity index (χ1v) is 8.24. The van der Waals surface area contributed by atoms with Gasteiger partial charge in [-0.15, -0.1) is 0 Å². The summed E-state index contributed by atoms with van der Waals surface area (Å²) >= 11 is 6.06. The lowest BCUT2D eigenvalue weighted by Crippen LogP contribution is -2.26. The van der Waals surface area contributed by atoms with Crippen LogP contribution >= 0.6 is 11.6 Å². The molecule has 0 fully saturated rings. The van der Waals surface area contributed by atoms with E-state index >= 15 is 0 Å². The van der Waals surface area contributed by atoms with Gasteiger partial charge in [0.1, 0.15) is 11.4 Å². The van der Waals surface area contributed by atoms with Crippen LogP contribution in [0.2, 0.25) is 5.02 Å². The molecule has 0 aliphatic heterocycles. The Morgan fingerprint density at radius 2 is 2.12 bits per heavy atom. The van der Waals surface area contributed by atoms with Gasteiger partial charge in [0, 0.05) is 31.0 Å². The highest BCUT2D eigenvalue weighted by molar-refractivity contribution is 6.32. The van der Waals surface area contributed by atoms with Crippen LogP contribution in [-0.2, 0) is 19.8 Å². The summed E-state index contributed by atoms with van der Waals surface area (Å²) < 4.78 is 8.92. The Balaban J connectivity index is 1.60. The minimum atomic E-state index is -0.232. The Bertz CT molecular complexity index is 858. The Hall–Kier alpha value is -2.80. The van der Waals surface area contributed by atoms with E-state index in [-0.39, 0.29) is 12.6 Å². The van der Waals surface area contributed by atoms with Gasteiger partial charge in [0.25, 0.3) is 5.91 Å². The number of nitrogens with zero attached hydrogens (tertiary/aromatic N) is 4. The lowest BCUT2D eigenvalue weighted by Gasteiger charge is -2.10. The van der Waals surface area contributed by atoms with Crippen LogP contribution in [0.3, 0.4) is 0 Å². The van der Waals surface area contributed by atoms with E-state index in [0.717, 1.165) is 12.1 Å². The molecule has 0 unspecified atom stereocenters. The normalized spacial score (nSPS) is 10.6. The molecule has 0 radical (unpaired) electrons. The van der Waals surface area contributed by atoms with E-state index in [9.17, 15) is 4.79 Å². The lowest BCUT2D eigenvalue weighted by atomic mass is 10.3. The monoisotopic (exact) mass is 359 g/mol. The van der Waals surface area contributed by atoms with Crippen LogP contribution in [0.15, 0.2) is 48.9 Å². The van der Waals surface area contributed by atoms with Crippen molar-refractivity contribution in [2.45, 2.75) is 26.7 Å². The van der Waals surface area contributed by atoms with Crippen LogP contribution in [0.5, 0.6) is 5.75 Å². The fraction of sp³-hybridized carbons (Fsp3) is 0.235. The number of halogens is 1. The molecule has 3 rings (SSSR count). The maximum absolute atomic E-state index is 12.4. The van der Waals surface area contributed by atoms with Crippen molar-refractivity contribution in [3.8, 4) is 5.75 Å². The number of ether oxygens (including phenoxy) is 1. The third kappa shape index (κ3) is 4.19. The summed E-state index contributed by atoms with van der Waals surface area (Å²) in [4.78, 5) is 12.4. The maximum atomic E-state index is 12.4. The van der Waals surface area contributed by atoms with E-state index in [1.54, 1.807) is 30.6 Å². The van der Waals surface area contributed by atoms with E-state index in [1.165, 1.54) is 4.68 Å². The van der Waals surface area contributed by atoms with Crippen molar-refractivity contribution in [3.63, 3.8) is 0 Å². The van der Waals surface area contributed by atoms with E-state index in [1.807, 2.05) is 29.9 Å². The molecule has 0 aliphatic carbocycles. The first-order valence-electron chi connectivity index (χ1n) is 7.86. The number of aromatic nitrogens is 4. The molecule has 0 saturated heterocycles. The van der Waals surface area contributed by atoms with E-state index in [0.29, 0.717) is 23.0 Å². The molecule has 0 aliphatic rings. The Morgan fingerprint density at radius 1 is 1.28 bits per heavy atom. The summed E-state index contributed by atoms with van der Waals surface area (Å²) in [5, 5.41) is 11.7. The number of para-hydroxylation sites is 1. The molecule has 25 heavy (non-hydrogen) atoms. The van der Waals surface area contributed by atoms with Crippen molar-refractivity contribution >= 4 is 17.5 Å². The number of carbonyl (C=O) groups is 1. The number of carbonyl (C=O) groups excluding carboxylic acids is 1. The van der Waals surface area contributed by atoms with Gasteiger partial charge in [0.05, 0.1) is 11.2 Å². The van der Waals surface area contributed by atoms with Crippen LogP contribution in [-0.4, -0.2) is 25.5 Å². The smallest absolute Gasteiger partial charge is 0.269 e. The second-order valence-electron chi connectivity index (χ2n) is 5.31. The van der Waals surface area contributed by atoms with Gasteiger partial charge in [-0.25, -0.2) is 4.68 Å². The summed E-state index contributed by atoms with van der Waals surface area (Å²) in [5.74, 6) is 0.308. The Morgan fingerprint density at radius 3 is 2.88 bits per heavy atom. The molecule has 1 N–H and O–H groups in total. The van der Waals surface area contributed by atoms with Crippen LogP contribution < -0.4 is 10.1 Å². The quantitative estimate of drug-likeness (QED) is 0.704. The molecule has 7 nitrogen and oxygen atoms in total. The SMILES string of the molecule is CCn1cc(CNC(=O)c2ccnn2COc2ccccc2Cl)cn1. The van der Waals surface area contributed by atoms with E-state index in [2.05, 4.69) is 15.5 Å². The second-order valence-corrected chi connectivity index (χ2v) is 5.71. The Labute approximate surface area is 150 Å². The summed E-state index contributed by atoms with van der Waals surface area (Å²) in [5.41, 5.74) is 1.35. The van der Waals surface area contributed by atoms with Gasteiger partial charge >= 0.3 is 0 Å². The molecule has 1 aromatic carbocycles. The largest absolute Gasteiger partial charge is 0.470 e. The van der Waals surface area contributed by atoms with Gasteiger partial charge in [-0.2, -0.15) is 10.2 Å².